The van der Waals surface area contributed by atoms with Crippen LogP contribution < -0.4 is 5.32 Å². The van der Waals surface area contributed by atoms with Gasteiger partial charge in [-0.25, -0.2) is 0 Å². The van der Waals surface area contributed by atoms with Gasteiger partial charge in [-0.15, -0.1) is 0 Å². The van der Waals surface area contributed by atoms with Crippen LogP contribution in [0.2, 0.25) is 0 Å². The number of unbranched alkanes of at least 4 members (excludes halogenated alkanes) is 11. The molecule has 2 fully saturated rings. The Balaban J connectivity index is 1.16. The van der Waals surface area contributed by atoms with Crippen LogP contribution in [-0.4, -0.2) is 55.1 Å². The van der Waals surface area contributed by atoms with Crippen molar-refractivity contribution in [3.8, 4) is 0 Å². The molecule has 8 atom stereocenters. The molecule has 0 amide bonds. The molecule has 63 heavy (non-hydrogen) atoms. The normalized spacial score (nSPS) is 23.8. The van der Waals surface area contributed by atoms with E-state index < -0.39 is 5.79 Å². The molecule has 0 bridgehead atoms. The Morgan fingerprint density at radius 1 is 0.540 bits per heavy atom. The molecule has 1 aliphatic carbocycles. The van der Waals surface area contributed by atoms with Gasteiger partial charge in [-0.2, -0.15) is 0 Å². The fourth-order valence-corrected chi connectivity index (χ4v) is 9.43. The van der Waals surface area contributed by atoms with Crippen molar-refractivity contribution in [3.63, 3.8) is 0 Å². The first-order valence-corrected chi connectivity index (χ1v) is 24.6. The first-order chi connectivity index (χ1) is 30.9. The number of benzene rings is 4. The Morgan fingerprint density at radius 2 is 0.984 bits per heavy atom. The van der Waals surface area contributed by atoms with E-state index in [2.05, 4.69) is 136 Å². The number of rotatable bonds is 29. The molecule has 4 aromatic rings. The highest BCUT2D eigenvalue weighted by atomic mass is 16.8. The van der Waals surface area contributed by atoms with Gasteiger partial charge in [0.25, 0.3) is 0 Å². The third kappa shape index (κ3) is 16.8. The molecule has 1 aliphatic heterocycles. The molecule has 1 N–H and O–H groups in total. The summed E-state index contributed by atoms with van der Waals surface area (Å²) < 4.78 is 41.5. The quantitative estimate of drug-likeness (QED) is 0.0546. The van der Waals surface area contributed by atoms with Crippen LogP contribution in [0.25, 0.3) is 0 Å². The lowest BCUT2D eigenvalue weighted by molar-refractivity contribution is -0.227. The zero-order valence-corrected chi connectivity index (χ0v) is 39.1. The van der Waals surface area contributed by atoms with Gasteiger partial charge in [-0.1, -0.05) is 212 Å². The van der Waals surface area contributed by atoms with Crippen LogP contribution in [-0.2, 0) is 54.8 Å². The summed E-state index contributed by atoms with van der Waals surface area (Å²) in [5.41, 5.74) is 4.59. The van der Waals surface area contributed by atoms with Crippen LogP contribution in [0.1, 0.15) is 140 Å². The molecule has 2 aliphatic rings. The predicted octanol–water partition coefficient (Wildman–Crippen LogP) is 12.9. The van der Waals surface area contributed by atoms with Crippen molar-refractivity contribution < 1.29 is 28.4 Å². The minimum Gasteiger partial charge on any atom is -0.374 e. The highest BCUT2D eigenvalue weighted by Crippen LogP contribution is 2.37. The third-order valence-corrected chi connectivity index (χ3v) is 12.9. The maximum absolute atomic E-state index is 7.19. The summed E-state index contributed by atoms with van der Waals surface area (Å²) >= 11 is 0. The Kier molecular flexibility index (Phi) is 21.1. The first kappa shape index (κ1) is 49.0. The van der Waals surface area contributed by atoms with Crippen LogP contribution in [0, 0.1) is 5.92 Å². The van der Waals surface area contributed by atoms with E-state index in [0.29, 0.717) is 33.0 Å². The van der Waals surface area contributed by atoms with E-state index in [0.717, 1.165) is 36.0 Å². The van der Waals surface area contributed by atoms with Crippen LogP contribution in [0.3, 0.4) is 0 Å². The van der Waals surface area contributed by atoms with Gasteiger partial charge in [-0.05, 0) is 54.9 Å². The highest BCUT2D eigenvalue weighted by molar-refractivity contribution is 5.17. The SMILES string of the molecule is CCCCCCCCCCCCCC[C@H]1OC(C)(C)O[C@H]1[C@H](CO[C@H]1CC(C)[C@H](OCc2ccccc2)[C@@H](OCc2ccccc2)C1OCc1ccccc1)NCc1ccccc1. The van der Waals surface area contributed by atoms with Crippen molar-refractivity contribution in [2.24, 2.45) is 5.92 Å². The fraction of sp³-hybridized carbons (Fsp3) is 0.571. The third-order valence-electron chi connectivity index (χ3n) is 12.9. The molecular formula is C56H79NO6. The summed E-state index contributed by atoms with van der Waals surface area (Å²) in [6.45, 7) is 11.2. The fourth-order valence-electron chi connectivity index (χ4n) is 9.43. The van der Waals surface area contributed by atoms with Gasteiger partial charge < -0.3 is 33.7 Å². The van der Waals surface area contributed by atoms with Crippen LogP contribution >= 0.6 is 0 Å². The zero-order valence-electron chi connectivity index (χ0n) is 39.1. The van der Waals surface area contributed by atoms with Gasteiger partial charge in [0.2, 0.25) is 0 Å². The maximum Gasteiger partial charge on any atom is 0.163 e. The van der Waals surface area contributed by atoms with Crippen molar-refractivity contribution in [1.82, 2.24) is 5.32 Å². The molecule has 2 unspecified atom stereocenters. The molecular weight excluding hydrogens is 783 g/mol. The molecule has 6 rings (SSSR count). The Labute approximate surface area is 381 Å². The lowest BCUT2D eigenvalue weighted by Crippen LogP contribution is -2.58. The number of nitrogens with one attached hydrogen (secondary N) is 1. The van der Waals surface area contributed by atoms with E-state index in [4.69, 9.17) is 28.4 Å². The lowest BCUT2D eigenvalue weighted by atomic mass is 9.81. The summed E-state index contributed by atoms with van der Waals surface area (Å²) in [6.07, 6.45) is 16.3. The minimum absolute atomic E-state index is 0.0341. The smallest absolute Gasteiger partial charge is 0.163 e. The highest BCUT2D eigenvalue weighted by Gasteiger charge is 2.48. The lowest BCUT2D eigenvalue weighted by Gasteiger charge is -2.45. The second kappa shape index (κ2) is 27.2. The predicted molar refractivity (Wildman–Crippen MR) is 255 cm³/mol. The van der Waals surface area contributed by atoms with E-state index in [-0.39, 0.29) is 48.6 Å². The Hall–Kier alpha value is -3.40. The van der Waals surface area contributed by atoms with Crippen LogP contribution in [0.15, 0.2) is 121 Å². The summed E-state index contributed by atoms with van der Waals surface area (Å²) in [6, 6.07) is 41.7. The molecule has 7 nitrogen and oxygen atoms in total. The van der Waals surface area contributed by atoms with E-state index >= 15 is 0 Å². The van der Waals surface area contributed by atoms with Crippen molar-refractivity contribution in [2.75, 3.05) is 6.61 Å². The number of hydrogen-bond donors (Lipinski definition) is 1. The van der Waals surface area contributed by atoms with Gasteiger partial charge in [0.05, 0.1) is 50.8 Å². The molecule has 1 heterocycles. The molecule has 1 saturated heterocycles. The standard InChI is InChI=1S/C56H79NO6/c1-5-6-7-8-9-10-11-12-13-14-15-28-37-50-53(63-56(3,4)62-50)49(57-39-45-29-20-16-21-30-45)43-58-51-38-44(2)52(59-40-46-31-22-17-23-32-46)55(61-42-48-35-26-19-27-36-48)54(51)60-41-47-33-24-18-25-34-47/h16-27,29-36,44,49-55,57H,5-15,28,37-43H2,1-4H3/t44?,49-,50+,51-,52-,53-,54?,55+/m0/s1. The zero-order chi connectivity index (χ0) is 44.0. The van der Waals surface area contributed by atoms with Crippen molar-refractivity contribution in [1.29, 1.82) is 0 Å². The minimum atomic E-state index is -0.681. The second-order valence-corrected chi connectivity index (χ2v) is 18.7. The Morgan fingerprint density at radius 3 is 1.49 bits per heavy atom. The van der Waals surface area contributed by atoms with Gasteiger partial charge in [0, 0.05) is 6.54 Å². The molecule has 0 spiro atoms. The van der Waals surface area contributed by atoms with Gasteiger partial charge in [0.15, 0.2) is 5.79 Å². The summed E-state index contributed by atoms with van der Waals surface area (Å²) in [4.78, 5) is 0. The second-order valence-electron chi connectivity index (χ2n) is 18.7. The first-order valence-electron chi connectivity index (χ1n) is 24.6. The average Bonchev–Trinajstić information content (AvgIpc) is 3.62. The molecule has 4 aromatic carbocycles. The van der Waals surface area contributed by atoms with Crippen LogP contribution in [0.5, 0.6) is 0 Å². The van der Waals surface area contributed by atoms with Gasteiger partial charge in [0.1, 0.15) is 18.3 Å². The van der Waals surface area contributed by atoms with E-state index in [9.17, 15) is 0 Å². The van der Waals surface area contributed by atoms with E-state index in [1.165, 1.54) is 76.2 Å². The van der Waals surface area contributed by atoms with Gasteiger partial charge >= 0.3 is 0 Å². The maximum atomic E-state index is 7.19. The van der Waals surface area contributed by atoms with E-state index in [1.54, 1.807) is 0 Å². The summed E-state index contributed by atoms with van der Waals surface area (Å²) in [5, 5.41) is 3.89. The molecule has 0 aromatic heterocycles. The number of hydrogen-bond acceptors (Lipinski definition) is 7. The number of ether oxygens (including phenoxy) is 6. The summed E-state index contributed by atoms with van der Waals surface area (Å²) in [7, 11) is 0. The average molecular weight is 862 g/mol. The summed E-state index contributed by atoms with van der Waals surface area (Å²) in [5.74, 6) is -0.533. The van der Waals surface area contributed by atoms with Crippen molar-refractivity contribution in [3.05, 3.63) is 144 Å². The van der Waals surface area contributed by atoms with Gasteiger partial charge in [-0.3, -0.25) is 0 Å². The Bertz CT molecular complexity index is 1760. The molecule has 0 radical (unpaired) electrons. The monoisotopic (exact) mass is 862 g/mol. The largest absolute Gasteiger partial charge is 0.374 e. The molecule has 344 valence electrons. The van der Waals surface area contributed by atoms with Crippen molar-refractivity contribution in [2.45, 2.75) is 192 Å². The van der Waals surface area contributed by atoms with Crippen LogP contribution in [0.4, 0.5) is 0 Å². The molecule has 1 saturated carbocycles. The van der Waals surface area contributed by atoms with Crippen molar-refractivity contribution >= 4 is 0 Å². The molecule has 7 heteroatoms. The van der Waals surface area contributed by atoms with E-state index in [1.807, 2.05) is 18.2 Å². The topological polar surface area (TPSA) is 67.4 Å².